The third kappa shape index (κ3) is 4.36. The van der Waals surface area contributed by atoms with E-state index >= 15 is 0 Å². The molecule has 0 aliphatic heterocycles. The molecule has 0 spiro atoms. The number of carbonyl (C=O) groups excluding carboxylic acids is 1. The van der Waals surface area contributed by atoms with Crippen molar-refractivity contribution in [3.63, 3.8) is 0 Å². The maximum absolute atomic E-state index is 13.0. The Morgan fingerprint density at radius 3 is 2.46 bits per heavy atom. The molecule has 0 saturated carbocycles. The zero-order chi connectivity index (χ0) is 19.9. The van der Waals surface area contributed by atoms with Crippen molar-refractivity contribution in [2.24, 2.45) is 5.73 Å². The number of amides is 1. The van der Waals surface area contributed by atoms with Crippen molar-refractivity contribution < 1.29 is 4.79 Å². The number of nitrogens with one attached hydrogen (secondary N) is 2. The number of pyridine rings is 1. The summed E-state index contributed by atoms with van der Waals surface area (Å²) in [4.78, 5) is 17.9. The van der Waals surface area contributed by atoms with Gasteiger partial charge in [0.05, 0.1) is 16.8 Å². The Balaban J connectivity index is 2.21. The summed E-state index contributed by atoms with van der Waals surface area (Å²) < 4.78 is 0. The Morgan fingerprint density at radius 1 is 1.04 bits per heavy atom. The van der Waals surface area contributed by atoms with Crippen molar-refractivity contribution >= 4 is 22.8 Å². The van der Waals surface area contributed by atoms with Crippen molar-refractivity contribution in [2.75, 3.05) is 0 Å². The molecule has 0 atom stereocenters. The van der Waals surface area contributed by atoms with Crippen LogP contribution in [0.15, 0.2) is 54.6 Å². The first-order valence-corrected chi connectivity index (χ1v) is 9.74. The number of carbonyl (C=O) groups is 1. The number of unbranched alkanes of at least 4 members (excludes halogenated alkanes) is 3. The van der Waals surface area contributed by atoms with Crippen LogP contribution in [-0.4, -0.2) is 16.9 Å². The second-order valence-electron chi connectivity index (χ2n) is 6.88. The fourth-order valence-electron chi connectivity index (χ4n) is 3.50. The van der Waals surface area contributed by atoms with E-state index in [4.69, 9.17) is 16.1 Å². The van der Waals surface area contributed by atoms with Crippen LogP contribution in [0.1, 0.15) is 48.5 Å². The molecule has 1 aromatic heterocycles. The number of nitrogens with two attached hydrogens (primary N) is 1. The van der Waals surface area contributed by atoms with Crippen LogP contribution in [0.5, 0.6) is 0 Å². The van der Waals surface area contributed by atoms with E-state index in [0.717, 1.165) is 59.8 Å². The molecule has 1 amide bonds. The predicted octanol–water partition coefficient (Wildman–Crippen LogP) is 4.65. The van der Waals surface area contributed by atoms with E-state index in [2.05, 4.69) is 12.2 Å². The van der Waals surface area contributed by atoms with Gasteiger partial charge in [0, 0.05) is 10.9 Å². The average Bonchev–Trinajstić information content (AvgIpc) is 2.70. The normalized spacial score (nSPS) is 10.8. The quantitative estimate of drug-likeness (QED) is 0.319. The number of aromatic nitrogens is 1. The summed E-state index contributed by atoms with van der Waals surface area (Å²) in [5.74, 6) is -0.710. The van der Waals surface area contributed by atoms with Crippen LogP contribution in [0.4, 0.5) is 0 Å². The maximum atomic E-state index is 13.0. The number of rotatable bonds is 7. The molecule has 0 aliphatic rings. The first kappa shape index (κ1) is 19.5. The van der Waals surface area contributed by atoms with Crippen molar-refractivity contribution in [2.45, 2.75) is 39.0 Å². The number of fused-ring (bicyclic) bond motifs is 1. The van der Waals surface area contributed by atoms with E-state index in [0.29, 0.717) is 5.56 Å². The fourth-order valence-corrected chi connectivity index (χ4v) is 3.50. The van der Waals surface area contributed by atoms with Gasteiger partial charge in [-0.3, -0.25) is 15.5 Å². The molecule has 0 radical (unpaired) electrons. The molecule has 3 rings (SSSR count). The minimum atomic E-state index is -0.357. The first-order valence-electron chi connectivity index (χ1n) is 9.74. The number of nitrogens with zero attached hydrogens (tertiary/aromatic N) is 1. The largest absolute Gasteiger partial charge is 0.370 e. The predicted molar refractivity (Wildman–Crippen MR) is 114 cm³/mol. The number of guanidine groups is 1. The van der Waals surface area contributed by atoms with Crippen molar-refractivity contribution in [3.8, 4) is 11.3 Å². The van der Waals surface area contributed by atoms with Gasteiger partial charge in [0.2, 0.25) is 0 Å². The Morgan fingerprint density at radius 2 is 1.75 bits per heavy atom. The van der Waals surface area contributed by atoms with E-state index in [9.17, 15) is 4.79 Å². The summed E-state index contributed by atoms with van der Waals surface area (Å²) in [6.45, 7) is 2.18. The van der Waals surface area contributed by atoms with Gasteiger partial charge >= 0.3 is 0 Å². The number of para-hydroxylation sites is 1. The van der Waals surface area contributed by atoms with Crippen LogP contribution in [0.2, 0.25) is 0 Å². The van der Waals surface area contributed by atoms with Gasteiger partial charge in [-0.15, -0.1) is 0 Å². The van der Waals surface area contributed by atoms with Gasteiger partial charge in [-0.1, -0.05) is 74.7 Å². The molecule has 4 N–H and O–H groups in total. The Labute approximate surface area is 165 Å². The Bertz CT molecular complexity index is 983. The lowest BCUT2D eigenvalue weighted by Gasteiger charge is -2.17. The summed E-state index contributed by atoms with van der Waals surface area (Å²) in [6, 6.07) is 17.6. The van der Waals surface area contributed by atoms with Gasteiger partial charge in [-0.25, -0.2) is 4.98 Å². The third-order valence-electron chi connectivity index (χ3n) is 4.80. The van der Waals surface area contributed by atoms with Crippen LogP contribution in [0.25, 0.3) is 22.2 Å². The van der Waals surface area contributed by atoms with Crippen LogP contribution < -0.4 is 11.1 Å². The van der Waals surface area contributed by atoms with Crippen LogP contribution in [0.3, 0.4) is 0 Å². The summed E-state index contributed by atoms with van der Waals surface area (Å²) in [7, 11) is 0. The molecular weight excluding hydrogens is 348 g/mol. The van der Waals surface area contributed by atoms with Crippen LogP contribution >= 0.6 is 0 Å². The molecule has 0 unspecified atom stereocenters. The maximum Gasteiger partial charge on any atom is 0.258 e. The van der Waals surface area contributed by atoms with Crippen LogP contribution in [0, 0.1) is 5.41 Å². The molecule has 5 heteroatoms. The van der Waals surface area contributed by atoms with E-state index in [1.807, 2.05) is 54.6 Å². The second-order valence-corrected chi connectivity index (χ2v) is 6.88. The van der Waals surface area contributed by atoms with E-state index in [1.54, 1.807) is 0 Å². The fraction of sp³-hybridized carbons (Fsp3) is 0.261. The second kappa shape index (κ2) is 9.13. The average molecular weight is 374 g/mol. The molecule has 2 aromatic carbocycles. The lowest BCUT2D eigenvalue weighted by Crippen LogP contribution is -2.36. The minimum absolute atomic E-state index is 0.353. The highest BCUT2D eigenvalue weighted by molar-refractivity contribution is 6.13. The highest BCUT2D eigenvalue weighted by Crippen LogP contribution is 2.31. The van der Waals surface area contributed by atoms with Crippen molar-refractivity contribution in [3.05, 3.63) is 65.7 Å². The molecule has 5 nitrogen and oxygen atoms in total. The zero-order valence-electron chi connectivity index (χ0n) is 16.2. The van der Waals surface area contributed by atoms with Gasteiger partial charge in [0.25, 0.3) is 5.91 Å². The molecule has 28 heavy (non-hydrogen) atoms. The highest BCUT2D eigenvalue weighted by atomic mass is 16.1. The number of hydrogen-bond donors (Lipinski definition) is 3. The lowest BCUT2D eigenvalue weighted by molar-refractivity contribution is 0.0977. The van der Waals surface area contributed by atoms with E-state index in [-0.39, 0.29) is 11.9 Å². The van der Waals surface area contributed by atoms with E-state index in [1.165, 1.54) is 0 Å². The van der Waals surface area contributed by atoms with Gasteiger partial charge in [0.1, 0.15) is 0 Å². The molecule has 0 fully saturated rings. The molecule has 0 aliphatic carbocycles. The SMILES string of the molecule is CCCCCCc1c(-c2ccccc2)nc2ccccc2c1C(=O)NC(=N)N. The summed E-state index contributed by atoms with van der Waals surface area (Å²) in [5, 5.41) is 10.7. The monoisotopic (exact) mass is 374 g/mol. The molecule has 3 aromatic rings. The number of hydrogen-bond acceptors (Lipinski definition) is 3. The van der Waals surface area contributed by atoms with Crippen molar-refractivity contribution in [1.82, 2.24) is 10.3 Å². The topological polar surface area (TPSA) is 91.9 Å². The van der Waals surface area contributed by atoms with E-state index < -0.39 is 0 Å². The Hall–Kier alpha value is -3.21. The van der Waals surface area contributed by atoms with Crippen molar-refractivity contribution in [1.29, 1.82) is 5.41 Å². The molecule has 0 bridgehead atoms. The smallest absolute Gasteiger partial charge is 0.258 e. The lowest BCUT2D eigenvalue weighted by atomic mass is 9.92. The standard InChI is InChI=1S/C23H26N4O/c1-2-3-4-8-14-18-20(22(28)27-23(24)25)17-13-9-10-15-19(17)26-21(18)16-11-6-5-7-12-16/h5-7,9-13,15H,2-4,8,14H2,1H3,(H4,24,25,27,28). The summed E-state index contributed by atoms with van der Waals surface area (Å²) in [5.41, 5.74) is 9.49. The summed E-state index contributed by atoms with van der Waals surface area (Å²) in [6.07, 6.45) is 5.15. The van der Waals surface area contributed by atoms with Crippen LogP contribution in [-0.2, 0) is 6.42 Å². The minimum Gasteiger partial charge on any atom is -0.370 e. The molecule has 144 valence electrons. The van der Waals surface area contributed by atoms with Gasteiger partial charge in [-0.05, 0) is 24.5 Å². The van der Waals surface area contributed by atoms with Gasteiger partial charge in [-0.2, -0.15) is 0 Å². The highest BCUT2D eigenvalue weighted by Gasteiger charge is 2.21. The molecule has 1 heterocycles. The first-order chi connectivity index (χ1) is 13.6. The molecule has 0 saturated heterocycles. The van der Waals surface area contributed by atoms with Gasteiger partial charge in [0.15, 0.2) is 5.96 Å². The molecular formula is C23H26N4O. The van der Waals surface area contributed by atoms with Gasteiger partial charge < -0.3 is 5.73 Å². The third-order valence-corrected chi connectivity index (χ3v) is 4.80. The Kier molecular flexibility index (Phi) is 6.37. The number of benzene rings is 2. The summed E-state index contributed by atoms with van der Waals surface area (Å²) >= 11 is 0. The zero-order valence-corrected chi connectivity index (χ0v) is 16.2.